The number of unbranched alkanes of at least 4 members (excludes halogenated alkanes) is 19. The number of ether oxygens (including phenoxy) is 2. The maximum atomic E-state index is 12.6. The predicted molar refractivity (Wildman–Crippen MR) is 242 cm³/mol. The fourth-order valence-corrected chi connectivity index (χ4v) is 6.83. The van der Waals surface area contributed by atoms with E-state index in [0.717, 1.165) is 57.8 Å². The molecule has 0 aliphatic heterocycles. The van der Waals surface area contributed by atoms with Crippen LogP contribution in [0.5, 0.6) is 0 Å². The van der Waals surface area contributed by atoms with Gasteiger partial charge < -0.3 is 24.6 Å². The van der Waals surface area contributed by atoms with Crippen LogP contribution in [-0.2, 0) is 32.7 Å². The van der Waals surface area contributed by atoms with E-state index in [1.54, 1.807) is 0 Å². The van der Waals surface area contributed by atoms with Gasteiger partial charge in [-0.25, -0.2) is 4.57 Å². The highest BCUT2D eigenvalue weighted by Crippen LogP contribution is 2.43. The Morgan fingerprint density at radius 3 is 1.39 bits per heavy atom. The molecule has 0 rings (SSSR count). The quantitative estimate of drug-likeness (QED) is 0.0234. The Balaban J connectivity index is 4.38. The van der Waals surface area contributed by atoms with Crippen molar-refractivity contribution >= 4 is 19.8 Å². The summed E-state index contributed by atoms with van der Waals surface area (Å²) in [6.45, 7) is 2.30. The molecule has 0 saturated carbocycles. The SMILES string of the molecule is CCCCCCCC/C=C/CCCCCCCC(=O)OC[C@H](COP(=O)(O)OC[C@@H](O)CO)OC(=O)CCC/C=C/C/C=C/C/C=C/C/C=C/CCCCCCCCC. The summed E-state index contributed by atoms with van der Waals surface area (Å²) in [6.07, 6.45) is 49.1. The van der Waals surface area contributed by atoms with E-state index in [1.807, 2.05) is 6.08 Å². The van der Waals surface area contributed by atoms with E-state index in [-0.39, 0.29) is 19.4 Å². The molecule has 0 radical (unpaired) electrons. The molecule has 0 heterocycles. The second kappa shape index (κ2) is 43.7. The van der Waals surface area contributed by atoms with Crippen LogP contribution >= 0.6 is 7.82 Å². The van der Waals surface area contributed by atoms with Crippen molar-refractivity contribution in [3.8, 4) is 0 Å². The number of esters is 2. The monoisotopic (exact) mass is 853 g/mol. The average molecular weight is 853 g/mol. The number of carbonyl (C=O) groups is 2. The average Bonchev–Trinajstić information content (AvgIpc) is 3.22. The largest absolute Gasteiger partial charge is 0.472 e. The van der Waals surface area contributed by atoms with Crippen molar-refractivity contribution in [3.63, 3.8) is 0 Å². The highest BCUT2D eigenvalue weighted by molar-refractivity contribution is 7.47. The number of aliphatic hydroxyl groups excluding tert-OH is 2. The lowest BCUT2D eigenvalue weighted by Crippen LogP contribution is -2.29. The molecule has 1 unspecified atom stereocenters. The number of carbonyl (C=O) groups excluding carboxylic acids is 2. The van der Waals surface area contributed by atoms with Gasteiger partial charge in [0, 0.05) is 12.8 Å². The summed E-state index contributed by atoms with van der Waals surface area (Å²) in [5.41, 5.74) is 0. The van der Waals surface area contributed by atoms with Gasteiger partial charge in [0.15, 0.2) is 6.10 Å². The Hall–Kier alpha value is -2.33. The molecule has 0 fully saturated rings. The molecular weight excluding hydrogens is 767 g/mol. The maximum absolute atomic E-state index is 12.6. The van der Waals surface area contributed by atoms with Crippen molar-refractivity contribution in [2.24, 2.45) is 0 Å². The lowest BCUT2D eigenvalue weighted by molar-refractivity contribution is -0.161. The van der Waals surface area contributed by atoms with E-state index in [0.29, 0.717) is 19.3 Å². The van der Waals surface area contributed by atoms with Gasteiger partial charge in [0.05, 0.1) is 19.8 Å². The van der Waals surface area contributed by atoms with Gasteiger partial charge in [0.2, 0.25) is 0 Å². The van der Waals surface area contributed by atoms with Gasteiger partial charge in [0.25, 0.3) is 0 Å². The molecule has 0 saturated heterocycles. The van der Waals surface area contributed by atoms with Crippen molar-refractivity contribution in [2.75, 3.05) is 26.4 Å². The van der Waals surface area contributed by atoms with Crippen molar-refractivity contribution in [3.05, 3.63) is 60.8 Å². The van der Waals surface area contributed by atoms with Crippen LogP contribution in [0.25, 0.3) is 0 Å². The van der Waals surface area contributed by atoms with E-state index in [1.165, 1.54) is 89.9 Å². The molecule has 3 atom stereocenters. The van der Waals surface area contributed by atoms with Gasteiger partial charge in [-0.3, -0.25) is 18.6 Å². The zero-order valence-corrected chi connectivity index (χ0v) is 38.1. The third kappa shape index (κ3) is 43.6. The Morgan fingerprint density at radius 2 is 0.898 bits per heavy atom. The number of rotatable bonds is 43. The third-order valence-corrected chi connectivity index (χ3v) is 10.6. The van der Waals surface area contributed by atoms with Gasteiger partial charge in [0.1, 0.15) is 12.7 Å². The standard InChI is InChI=1S/C48H85O10P/c1-3-5-7-9-11-13-15-17-19-20-21-22-23-24-26-28-30-32-34-36-38-40-48(52)58-46(44-57-59(53,54)56-42-45(50)41-49)43-55-47(51)39-37-35-33-31-29-27-25-18-16-14-12-10-8-6-4-2/h18-20,22-23,25-26,28,32,34,45-46,49-50H,3-17,21,24,27,29-31,33,35-44H2,1-2H3,(H,53,54)/b20-19+,23-22+,25-18+,28-26+,34-32+/t45-,46+/m0/s1. The molecule has 0 amide bonds. The minimum Gasteiger partial charge on any atom is -0.462 e. The second-order valence-corrected chi connectivity index (χ2v) is 16.9. The number of aliphatic hydroxyl groups is 2. The van der Waals surface area contributed by atoms with E-state index >= 15 is 0 Å². The predicted octanol–water partition coefficient (Wildman–Crippen LogP) is 12.7. The zero-order valence-electron chi connectivity index (χ0n) is 37.2. The van der Waals surface area contributed by atoms with Gasteiger partial charge in [-0.15, -0.1) is 0 Å². The fraction of sp³-hybridized carbons (Fsp3) is 0.750. The summed E-state index contributed by atoms with van der Waals surface area (Å²) in [6, 6.07) is 0. The Kier molecular flexibility index (Phi) is 42.0. The normalized spacial score (nSPS) is 14.3. The van der Waals surface area contributed by atoms with Gasteiger partial charge in [-0.2, -0.15) is 0 Å². The molecule has 0 aliphatic rings. The topological polar surface area (TPSA) is 149 Å². The van der Waals surface area contributed by atoms with Gasteiger partial charge in [-0.1, -0.05) is 164 Å². The highest BCUT2D eigenvalue weighted by atomic mass is 31.2. The maximum Gasteiger partial charge on any atom is 0.472 e. The van der Waals surface area contributed by atoms with Crippen LogP contribution in [0.15, 0.2) is 60.8 Å². The number of hydrogen-bond donors (Lipinski definition) is 3. The van der Waals surface area contributed by atoms with Crippen LogP contribution in [0.1, 0.15) is 194 Å². The Labute approximate surface area is 359 Å². The summed E-state index contributed by atoms with van der Waals surface area (Å²) < 4.78 is 32.7. The molecule has 11 heteroatoms. The summed E-state index contributed by atoms with van der Waals surface area (Å²) in [5, 5.41) is 18.3. The smallest absolute Gasteiger partial charge is 0.462 e. The van der Waals surface area contributed by atoms with E-state index in [2.05, 4.69) is 73.1 Å². The van der Waals surface area contributed by atoms with Crippen LogP contribution in [0.3, 0.4) is 0 Å². The third-order valence-electron chi connectivity index (χ3n) is 9.64. The molecule has 59 heavy (non-hydrogen) atoms. The number of phosphoric ester groups is 1. The number of hydrogen-bond acceptors (Lipinski definition) is 9. The molecule has 10 nitrogen and oxygen atoms in total. The van der Waals surface area contributed by atoms with Crippen LogP contribution < -0.4 is 0 Å². The van der Waals surface area contributed by atoms with Crippen LogP contribution in [-0.4, -0.2) is 65.7 Å². The summed E-state index contributed by atoms with van der Waals surface area (Å²) in [4.78, 5) is 35.0. The lowest BCUT2D eigenvalue weighted by atomic mass is 10.1. The molecule has 0 aromatic rings. The fourth-order valence-electron chi connectivity index (χ4n) is 6.04. The summed E-state index contributed by atoms with van der Waals surface area (Å²) >= 11 is 0. The highest BCUT2D eigenvalue weighted by Gasteiger charge is 2.27. The molecule has 342 valence electrons. The first-order valence-electron chi connectivity index (χ1n) is 23.2. The van der Waals surface area contributed by atoms with Crippen LogP contribution in [0.4, 0.5) is 0 Å². The second-order valence-electron chi connectivity index (χ2n) is 15.4. The minimum atomic E-state index is -4.64. The molecule has 0 aromatic carbocycles. The molecule has 0 bridgehead atoms. The summed E-state index contributed by atoms with van der Waals surface area (Å²) in [7, 11) is -4.64. The lowest BCUT2D eigenvalue weighted by Gasteiger charge is -2.20. The van der Waals surface area contributed by atoms with Gasteiger partial charge in [-0.05, 0) is 77.0 Å². The first kappa shape index (κ1) is 56.7. The zero-order chi connectivity index (χ0) is 43.3. The molecule has 3 N–H and O–H groups in total. The van der Waals surface area contributed by atoms with E-state index in [4.69, 9.17) is 19.1 Å². The van der Waals surface area contributed by atoms with E-state index in [9.17, 15) is 24.2 Å². The first-order valence-corrected chi connectivity index (χ1v) is 24.7. The Morgan fingerprint density at radius 1 is 0.508 bits per heavy atom. The van der Waals surface area contributed by atoms with Gasteiger partial charge >= 0.3 is 19.8 Å². The first-order chi connectivity index (χ1) is 28.7. The summed E-state index contributed by atoms with van der Waals surface area (Å²) in [5.74, 6) is -1.00. The van der Waals surface area contributed by atoms with Crippen molar-refractivity contribution in [1.82, 2.24) is 0 Å². The molecular formula is C48H85O10P. The number of allylic oxidation sites excluding steroid dienone is 10. The Bertz CT molecular complexity index is 1160. The van der Waals surface area contributed by atoms with Crippen LogP contribution in [0, 0.1) is 0 Å². The van der Waals surface area contributed by atoms with E-state index < -0.39 is 51.8 Å². The van der Waals surface area contributed by atoms with Crippen molar-refractivity contribution < 1.29 is 47.8 Å². The molecule has 0 aromatic heterocycles. The molecule has 0 aliphatic carbocycles. The minimum absolute atomic E-state index is 0.105. The molecule has 0 spiro atoms. The van der Waals surface area contributed by atoms with Crippen LogP contribution in [0.2, 0.25) is 0 Å². The number of phosphoric acid groups is 1. The van der Waals surface area contributed by atoms with Crippen molar-refractivity contribution in [1.29, 1.82) is 0 Å². The van der Waals surface area contributed by atoms with Crippen molar-refractivity contribution in [2.45, 2.75) is 206 Å².